The number of carboxylic acid groups (broad SMARTS) is 1. The molecule has 0 radical (unpaired) electrons. The molecule has 1 aliphatic rings. The number of aliphatic carboxylic acids is 1. The third-order valence-corrected chi connectivity index (χ3v) is 3.45. The Morgan fingerprint density at radius 1 is 1.47 bits per heavy atom. The fourth-order valence-electron chi connectivity index (χ4n) is 1.85. The van der Waals surface area contributed by atoms with Crippen molar-refractivity contribution in [3.8, 4) is 0 Å². The molecule has 3 N–H and O–H groups in total. The van der Waals surface area contributed by atoms with Gasteiger partial charge in [-0.25, -0.2) is 9.78 Å². The number of nitrogens with one attached hydrogen (secondary N) is 2. The molecule has 1 aromatic heterocycles. The van der Waals surface area contributed by atoms with E-state index in [0.29, 0.717) is 25.8 Å². The number of carbonyl (C=O) groups is 2. The first kappa shape index (κ1) is 13.4. The second kappa shape index (κ2) is 5.29. The summed E-state index contributed by atoms with van der Waals surface area (Å²) in [6.45, 7) is 0.660. The third kappa shape index (κ3) is 3.24. The van der Waals surface area contributed by atoms with E-state index in [9.17, 15) is 9.59 Å². The lowest BCUT2D eigenvalue weighted by Crippen LogP contribution is -2.41. The van der Waals surface area contributed by atoms with Crippen LogP contribution in [0.15, 0.2) is 12.4 Å². The van der Waals surface area contributed by atoms with Gasteiger partial charge in [0.2, 0.25) is 0 Å². The molecule has 1 saturated carbocycles. The average molecular weight is 266 g/mol. The van der Waals surface area contributed by atoms with Gasteiger partial charge in [0.05, 0.1) is 5.41 Å². The van der Waals surface area contributed by atoms with Gasteiger partial charge in [-0.05, 0) is 12.8 Å². The molecule has 0 unspecified atom stereocenters. The molecule has 7 heteroatoms. The van der Waals surface area contributed by atoms with Crippen LogP contribution < -0.4 is 10.6 Å². The summed E-state index contributed by atoms with van der Waals surface area (Å²) in [5, 5.41) is 14.3. The Balaban J connectivity index is 1.65. The van der Waals surface area contributed by atoms with Gasteiger partial charge in [-0.15, -0.1) is 0 Å². The average Bonchev–Trinajstić information content (AvgIpc) is 3.06. The summed E-state index contributed by atoms with van der Waals surface area (Å²) in [6, 6.07) is -0.332. The molecule has 1 fully saturated rings. The number of rotatable bonds is 6. The minimum Gasteiger partial charge on any atom is -0.481 e. The highest BCUT2D eigenvalue weighted by molar-refractivity contribution is 5.80. The van der Waals surface area contributed by atoms with Crippen LogP contribution in [0.3, 0.4) is 0 Å². The number of urea groups is 1. The normalized spacial score (nSPS) is 15.8. The molecule has 7 nitrogen and oxygen atoms in total. The first-order valence-corrected chi connectivity index (χ1v) is 6.25. The maximum Gasteiger partial charge on any atom is 0.314 e. The molecule has 2 rings (SSSR count). The van der Waals surface area contributed by atoms with E-state index in [4.69, 9.17) is 5.11 Å². The van der Waals surface area contributed by atoms with Gasteiger partial charge in [-0.3, -0.25) is 4.79 Å². The predicted octanol–water partition coefficient (Wildman–Crippen LogP) is 0.127. The summed E-state index contributed by atoms with van der Waals surface area (Å²) < 4.78 is 1.89. The lowest BCUT2D eigenvalue weighted by Gasteiger charge is -2.12. The quantitative estimate of drug-likeness (QED) is 0.681. The predicted molar refractivity (Wildman–Crippen MR) is 67.6 cm³/mol. The van der Waals surface area contributed by atoms with Crippen molar-refractivity contribution in [3.05, 3.63) is 18.2 Å². The van der Waals surface area contributed by atoms with E-state index in [2.05, 4.69) is 15.6 Å². The van der Waals surface area contributed by atoms with Crippen LogP contribution in [0.5, 0.6) is 0 Å². The molecular weight excluding hydrogens is 248 g/mol. The van der Waals surface area contributed by atoms with Crippen LogP contribution in [0, 0.1) is 5.41 Å². The molecular formula is C12H18N4O3. The summed E-state index contributed by atoms with van der Waals surface area (Å²) >= 11 is 0. The number of hydrogen-bond acceptors (Lipinski definition) is 3. The van der Waals surface area contributed by atoms with Gasteiger partial charge >= 0.3 is 12.0 Å². The number of aryl methyl sites for hydroxylation is 1. The van der Waals surface area contributed by atoms with E-state index in [0.717, 1.165) is 5.82 Å². The molecule has 1 aromatic rings. The van der Waals surface area contributed by atoms with Crippen molar-refractivity contribution in [2.45, 2.75) is 19.3 Å². The molecule has 0 spiro atoms. The molecule has 19 heavy (non-hydrogen) atoms. The molecule has 0 atom stereocenters. The molecule has 1 aliphatic carbocycles. The standard InChI is InChI=1S/C12H18N4O3/c1-16-7-6-13-9(16)2-5-14-11(19)15-8-12(3-4-12)10(17)18/h6-7H,2-5,8H2,1H3,(H,17,18)(H2,14,15,19). The van der Waals surface area contributed by atoms with Crippen molar-refractivity contribution >= 4 is 12.0 Å². The maximum atomic E-state index is 11.5. The Morgan fingerprint density at radius 2 is 2.21 bits per heavy atom. The highest BCUT2D eigenvalue weighted by atomic mass is 16.4. The van der Waals surface area contributed by atoms with Crippen molar-refractivity contribution < 1.29 is 14.7 Å². The van der Waals surface area contributed by atoms with Gasteiger partial charge in [0.25, 0.3) is 0 Å². The van der Waals surface area contributed by atoms with E-state index in [-0.39, 0.29) is 12.6 Å². The van der Waals surface area contributed by atoms with E-state index in [1.165, 1.54) is 0 Å². The van der Waals surface area contributed by atoms with Crippen LogP contribution >= 0.6 is 0 Å². The first-order valence-electron chi connectivity index (χ1n) is 6.25. The van der Waals surface area contributed by atoms with Gasteiger partial charge in [-0.2, -0.15) is 0 Å². The first-order chi connectivity index (χ1) is 9.03. The highest BCUT2D eigenvalue weighted by Gasteiger charge is 2.50. The van der Waals surface area contributed by atoms with E-state index in [1.54, 1.807) is 6.20 Å². The van der Waals surface area contributed by atoms with Crippen LogP contribution in [0.1, 0.15) is 18.7 Å². The maximum absolute atomic E-state index is 11.5. The topological polar surface area (TPSA) is 96.3 Å². The van der Waals surface area contributed by atoms with Crippen molar-refractivity contribution in [2.75, 3.05) is 13.1 Å². The molecule has 2 amide bonds. The number of hydrogen-bond donors (Lipinski definition) is 3. The van der Waals surface area contributed by atoms with E-state index < -0.39 is 11.4 Å². The van der Waals surface area contributed by atoms with Gasteiger partial charge in [0.1, 0.15) is 5.82 Å². The van der Waals surface area contributed by atoms with Crippen LogP contribution in [0.4, 0.5) is 4.79 Å². The Morgan fingerprint density at radius 3 is 2.74 bits per heavy atom. The lowest BCUT2D eigenvalue weighted by molar-refractivity contribution is -0.143. The number of amides is 2. The molecule has 0 saturated heterocycles. The van der Waals surface area contributed by atoms with Crippen LogP contribution in [0.25, 0.3) is 0 Å². The molecule has 104 valence electrons. The second-order valence-electron chi connectivity index (χ2n) is 4.90. The SMILES string of the molecule is Cn1ccnc1CCNC(=O)NCC1(C(=O)O)CC1. The fourth-order valence-corrected chi connectivity index (χ4v) is 1.85. The van der Waals surface area contributed by atoms with Gasteiger partial charge < -0.3 is 20.3 Å². The van der Waals surface area contributed by atoms with Gasteiger partial charge in [-0.1, -0.05) is 0 Å². The van der Waals surface area contributed by atoms with Crippen LogP contribution in [-0.4, -0.2) is 39.7 Å². The summed E-state index contributed by atoms with van der Waals surface area (Å²) in [4.78, 5) is 26.6. The largest absolute Gasteiger partial charge is 0.481 e. The zero-order valence-corrected chi connectivity index (χ0v) is 10.8. The van der Waals surface area contributed by atoms with Gasteiger partial charge in [0.15, 0.2) is 0 Å². The fraction of sp³-hybridized carbons (Fsp3) is 0.583. The Kier molecular flexibility index (Phi) is 3.73. The third-order valence-electron chi connectivity index (χ3n) is 3.45. The monoisotopic (exact) mass is 266 g/mol. The zero-order chi connectivity index (χ0) is 13.9. The van der Waals surface area contributed by atoms with Crippen LogP contribution in [-0.2, 0) is 18.3 Å². The smallest absolute Gasteiger partial charge is 0.314 e. The Bertz CT molecular complexity index is 479. The number of aromatic nitrogens is 2. The number of nitrogens with zero attached hydrogens (tertiary/aromatic N) is 2. The molecule has 1 heterocycles. The minimum atomic E-state index is -0.833. The lowest BCUT2D eigenvalue weighted by atomic mass is 10.1. The van der Waals surface area contributed by atoms with Crippen molar-refractivity contribution in [1.29, 1.82) is 0 Å². The van der Waals surface area contributed by atoms with E-state index in [1.807, 2.05) is 17.8 Å². The second-order valence-corrected chi connectivity index (χ2v) is 4.90. The molecule has 0 aliphatic heterocycles. The zero-order valence-electron chi connectivity index (χ0n) is 10.8. The summed E-state index contributed by atoms with van der Waals surface area (Å²) in [5.74, 6) is 0.0605. The van der Waals surface area contributed by atoms with Gasteiger partial charge in [0, 0.05) is 39.0 Å². The summed E-state index contributed by atoms with van der Waals surface area (Å²) in [7, 11) is 1.89. The Hall–Kier alpha value is -2.05. The number of carbonyl (C=O) groups excluding carboxylic acids is 1. The number of imidazole rings is 1. The van der Waals surface area contributed by atoms with Crippen LogP contribution in [0.2, 0.25) is 0 Å². The summed E-state index contributed by atoms with van der Waals surface area (Å²) in [5.41, 5.74) is -0.725. The van der Waals surface area contributed by atoms with Crippen molar-refractivity contribution in [2.24, 2.45) is 12.5 Å². The highest BCUT2D eigenvalue weighted by Crippen LogP contribution is 2.45. The van der Waals surface area contributed by atoms with Crippen molar-refractivity contribution in [3.63, 3.8) is 0 Å². The van der Waals surface area contributed by atoms with Crippen molar-refractivity contribution in [1.82, 2.24) is 20.2 Å². The summed E-state index contributed by atoms with van der Waals surface area (Å²) in [6.07, 6.45) is 5.46. The Labute approximate surface area is 111 Å². The molecule has 0 bridgehead atoms. The molecule has 0 aromatic carbocycles. The minimum absolute atomic E-state index is 0.191. The van der Waals surface area contributed by atoms with E-state index >= 15 is 0 Å². The number of carboxylic acids is 1.